The van der Waals surface area contributed by atoms with Gasteiger partial charge in [0.2, 0.25) is 0 Å². The first kappa shape index (κ1) is 22.7. The number of aryl methyl sites for hydroxylation is 1. The van der Waals surface area contributed by atoms with Crippen LogP contribution in [0.5, 0.6) is 5.75 Å². The molecule has 1 aliphatic heterocycles. The molecule has 1 fully saturated rings. The quantitative estimate of drug-likeness (QED) is 0.462. The number of nitrogens with one attached hydrogen (secondary N) is 1. The number of fused-ring (bicyclic) bond motifs is 1. The average molecular weight is 474 g/mol. The van der Waals surface area contributed by atoms with E-state index in [0.717, 1.165) is 29.9 Å². The van der Waals surface area contributed by atoms with E-state index < -0.39 is 0 Å². The number of carbonyl (C=O) groups is 2. The maximum atomic E-state index is 12.6. The van der Waals surface area contributed by atoms with Gasteiger partial charge in [0.1, 0.15) is 11.6 Å². The molecule has 0 bridgehead atoms. The fraction of sp³-hybridized carbons (Fsp3) is 0.269. The second kappa shape index (κ2) is 9.63. The van der Waals surface area contributed by atoms with Crippen LogP contribution in [0, 0.1) is 0 Å². The van der Waals surface area contributed by atoms with Crippen LogP contribution in [-0.4, -0.2) is 64.5 Å². The molecule has 1 aliphatic rings. The van der Waals surface area contributed by atoms with Gasteiger partial charge in [-0.25, -0.2) is 4.98 Å². The molecule has 3 heterocycles. The number of rotatable bonds is 6. The summed E-state index contributed by atoms with van der Waals surface area (Å²) in [6, 6.07) is 16.1. The highest BCUT2D eigenvalue weighted by Gasteiger charge is 2.24. The standard InChI is InChI=1S/C26H27N5O4/c1-29-22-10-7-19(27-25(32)18-5-8-20(34-2)9-6-18)16-21(22)28-24(29)17-30-11-13-31(14-12-30)26(33)23-4-3-15-35-23/h3-10,15-16H,11-14,17H2,1-2H3,(H,27,32). The van der Waals surface area contributed by atoms with Crippen molar-refractivity contribution in [3.63, 3.8) is 0 Å². The second-order valence-corrected chi connectivity index (χ2v) is 8.52. The van der Waals surface area contributed by atoms with Crippen LogP contribution in [0.3, 0.4) is 0 Å². The fourth-order valence-electron chi connectivity index (χ4n) is 4.28. The third-order valence-electron chi connectivity index (χ3n) is 6.34. The Balaban J connectivity index is 1.23. The van der Waals surface area contributed by atoms with Crippen LogP contribution in [-0.2, 0) is 13.6 Å². The normalized spacial score (nSPS) is 14.3. The SMILES string of the molecule is COc1ccc(C(=O)Nc2ccc3c(c2)nc(CN2CCN(C(=O)c4ccco4)CC2)n3C)cc1. The van der Waals surface area contributed by atoms with E-state index in [9.17, 15) is 9.59 Å². The fourth-order valence-corrected chi connectivity index (χ4v) is 4.28. The molecule has 0 saturated carbocycles. The summed E-state index contributed by atoms with van der Waals surface area (Å²) in [5, 5.41) is 2.94. The van der Waals surface area contributed by atoms with Crippen molar-refractivity contribution in [1.82, 2.24) is 19.4 Å². The zero-order valence-corrected chi connectivity index (χ0v) is 19.7. The monoisotopic (exact) mass is 473 g/mol. The molecule has 1 N–H and O–H groups in total. The number of methoxy groups -OCH3 is 1. The number of benzene rings is 2. The first-order valence-electron chi connectivity index (χ1n) is 11.5. The predicted octanol–water partition coefficient (Wildman–Crippen LogP) is 3.39. The van der Waals surface area contributed by atoms with Crippen molar-refractivity contribution >= 4 is 28.5 Å². The molecule has 5 rings (SSSR count). The Kier molecular flexibility index (Phi) is 6.24. The van der Waals surface area contributed by atoms with E-state index in [0.29, 0.717) is 42.4 Å². The van der Waals surface area contributed by atoms with Gasteiger partial charge >= 0.3 is 0 Å². The molecule has 0 radical (unpaired) electrons. The second-order valence-electron chi connectivity index (χ2n) is 8.52. The van der Waals surface area contributed by atoms with E-state index in [1.807, 2.05) is 30.1 Å². The van der Waals surface area contributed by atoms with E-state index in [2.05, 4.69) is 14.8 Å². The number of ether oxygens (including phenoxy) is 1. The third kappa shape index (κ3) is 4.76. The van der Waals surface area contributed by atoms with Gasteiger partial charge in [-0.2, -0.15) is 0 Å². The molecule has 0 spiro atoms. The number of hydrogen-bond donors (Lipinski definition) is 1. The highest BCUT2D eigenvalue weighted by molar-refractivity contribution is 6.05. The lowest BCUT2D eigenvalue weighted by atomic mass is 10.2. The van der Waals surface area contributed by atoms with Gasteiger partial charge in [-0.15, -0.1) is 0 Å². The summed E-state index contributed by atoms with van der Waals surface area (Å²) in [5.41, 5.74) is 3.06. The zero-order valence-electron chi connectivity index (χ0n) is 19.7. The molecule has 0 aliphatic carbocycles. The number of aromatic nitrogens is 2. The lowest BCUT2D eigenvalue weighted by Gasteiger charge is -2.34. The lowest BCUT2D eigenvalue weighted by Crippen LogP contribution is -2.48. The maximum Gasteiger partial charge on any atom is 0.289 e. The van der Waals surface area contributed by atoms with E-state index >= 15 is 0 Å². The number of amides is 2. The molecular formula is C26H27N5O4. The third-order valence-corrected chi connectivity index (χ3v) is 6.34. The van der Waals surface area contributed by atoms with Gasteiger partial charge in [0.05, 0.1) is 31.0 Å². The Morgan fingerprint density at radius 1 is 1.06 bits per heavy atom. The van der Waals surface area contributed by atoms with Crippen molar-refractivity contribution in [3.05, 3.63) is 78.0 Å². The molecule has 2 aromatic heterocycles. The average Bonchev–Trinajstić information content (AvgIpc) is 3.53. The van der Waals surface area contributed by atoms with E-state index in [1.165, 1.54) is 6.26 Å². The summed E-state index contributed by atoms with van der Waals surface area (Å²) in [7, 11) is 3.59. The summed E-state index contributed by atoms with van der Waals surface area (Å²) in [5.74, 6) is 1.76. The molecule has 180 valence electrons. The van der Waals surface area contributed by atoms with Crippen LogP contribution < -0.4 is 10.1 Å². The first-order chi connectivity index (χ1) is 17.0. The number of imidazole rings is 1. The number of hydrogen-bond acceptors (Lipinski definition) is 6. The Morgan fingerprint density at radius 2 is 1.83 bits per heavy atom. The molecule has 4 aromatic rings. The number of nitrogens with zero attached hydrogens (tertiary/aromatic N) is 4. The minimum Gasteiger partial charge on any atom is -0.497 e. The Morgan fingerprint density at radius 3 is 2.51 bits per heavy atom. The van der Waals surface area contributed by atoms with E-state index in [1.54, 1.807) is 43.5 Å². The van der Waals surface area contributed by atoms with Crippen LogP contribution in [0.2, 0.25) is 0 Å². The van der Waals surface area contributed by atoms with Crippen molar-refractivity contribution in [2.45, 2.75) is 6.54 Å². The minimum absolute atomic E-state index is 0.0680. The van der Waals surface area contributed by atoms with E-state index in [-0.39, 0.29) is 11.8 Å². The molecule has 35 heavy (non-hydrogen) atoms. The van der Waals surface area contributed by atoms with Gasteiger partial charge in [0, 0.05) is 44.5 Å². The Labute approximate surface area is 202 Å². The van der Waals surface area contributed by atoms with Crippen LogP contribution in [0.1, 0.15) is 26.7 Å². The summed E-state index contributed by atoms with van der Waals surface area (Å²) >= 11 is 0. The van der Waals surface area contributed by atoms with Crippen LogP contribution >= 0.6 is 0 Å². The predicted molar refractivity (Wildman–Crippen MR) is 132 cm³/mol. The van der Waals surface area contributed by atoms with Gasteiger partial charge in [0.25, 0.3) is 11.8 Å². The molecule has 9 nitrogen and oxygen atoms in total. The zero-order chi connectivity index (χ0) is 24.4. The number of furan rings is 1. The largest absolute Gasteiger partial charge is 0.497 e. The molecule has 0 atom stereocenters. The van der Waals surface area contributed by atoms with Gasteiger partial charge in [-0.3, -0.25) is 14.5 Å². The summed E-state index contributed by atoms with van der Waals surface area (Å²) in [4.78, 5) is 34.0. The topological polar surface area (TPSA) is 92.8 Å². The maximum absolute atomic E-state index is 12.6. The molecule has 2 aromatic carbocycles. The van der Waals surface area contributed by atoms with Crippen LogP contribution in [0.4, 0.5) is 5.69 Å². The first-order valence-corrected chi connectivity index (χ1v) is 11.5. The number of piperazine rings is 1. The Bertz CT molecular complexity index is 1340. The highest BCUT2D eigenvalue weighted by Crippen LogP contribution is 2.22. The van der Waals surface area contributed by atoms with Crippen LogP contribution in [0.15, 0.2) is 65.3 Å². The minimum atomic E-state index is -0.190. The van der Waals surface area contributed by atoms with Crippen molar-refractivity contribution in [3.8, 4) is 5.75 Å². The summed E-state index contributed by atoms with van der Waals surface area (Å²) in [6.45, 7) is 3.50. The van der Waals surface area contributed by atoms with Gasteiger partial charge in [-0.05, 0) is 54.6 Å². The number of anilines is 1. The van der Waals surface area contributed by atoms with Crippen LogP contribution in [0.25, 0.3) is 11.0 Å². The molecular weight excluding hydrogens is 446 g/mol. The lowest BCUT2D eigenvalue weighted by molar-refractivity contribution is 0.0594. The van der Waals surface area contributed by atoms with Crippen molar-refractivity contribution in [2.75, 3.05) is 38.6 Å². The molecule has 1 saturated heterocycles. The highest BCUT2D eigenvalue weighted by atomic mass is 16.5. The molecule has 2 amide bonds. The summed E-state index contributed by atoms with van der Waals surface area (Å²) < 4.78 is 12.5. The van der Waals surface area contributed by atoms with Gasteiger partial charge < -0.3 is 23.9 Å². The number of carbonyl (C=O) groups excluding carboxylic acids is 2. The Hall–Kier alpha value is -4.11. The summed E-state index contributed by atoms with van der Waals surface area (Å²) in [6.07, 6.45) is 1.52. The smallest absolute Gasteiger partial charge is 0.289 e. The van der Waals surface area contributed by atoms with Gasteiger partial charge in [-0.1, -0.05) is 0 Å². The van der Waals surface area contributed by atoms with Crippen molar-refractivity contribution in [2.24, 2.45) is 7.05 Å². The van der Waals surface area contributed by atoms with Crippen molar-refractivity contribution < 1.29 is 18.7 Å². The molecule has 9 heteroatoms. The van der Waals surface area contributed by atoms with Crippen molar-refractivity contribution in [1.29, 1.82) is 0 Å². The van der Waals surface area contributed by atoms with E-state index in [4.69, 9.17) is 14.1 Å². The molecule has 0 unspecified atom stereocenters. The van der Waals surface area contributed by atoms with Gasteiger partial charge in [0.15, 0.2) is 5.76 Å².